The molecule has 0 amide bonds. The Bertz CT molecular complexity index is 468. The number of nitrogens with zero attached hydrogens (tertiary/aromatic N) is 3. The molecule has 0 aromatic carbocycles. The van der Waals surface area contributed by atoms with Gasteiger partial charge in [0.15, 0.2) is 0 Å². The van der Waals surface area contributed by atoms with E-state index in [4.69, 9.17) is 17.3 Å². The van der Waals surface area contributed by atoms with Gasteiger partial charge >= 0.3 is 0 Å². The smallest absolute Gasteiger partial charge is 0.109 e. The lowest BCUT2D eigenvalue weighted by atomic mass is 10.0. The molecule has 2 heterocycles. The first-order chi connectivity index (χ1) is 8.22. The number of nitrogens with two attached hydrogens (primary N) is 1. The van der Waals surface area contributed by atoms with Crippen molar-refractivity contribution in [2.45, 2.75) is 25.4 Å². The Hall–Kier alpha value is -1.39. The monoisotopic (exact) mass is 250 g/mol. The minimum Gasteiger partial charge on any atom is -0.326 e. The van der Waals surface area contributed by atoms with Gasteiger partial charge in [0.05, 0.1) is 16.9 Å². The van der Waals surface area contributed by atoms with Crippen LogP contribution in [0.2, 0.25) is 5.02 Å². The molecule has 2 N–H and O–H groups in total. The molecule has 90 valence electrons. The van der Waals surface area contributed by atoms with Crippen molar-refractivity contribution in [1.29, 1.82) is 0 Å². The summed E-state index contributed by atoms with van der Waals surface area (Å²) >= 11 is 5.90. The predicted molar refractivity (Wildman–Crippen MR) is 67.9 cm³/mol. The number of rotatable bonds is 4. The van der Waals surface area contributed by atoms with Crippen molar-refractivity contribution in [3.8, 4) is 0 Å². The standard InChI is InChI=1S/C12H15ClN4/c1-2-10(14)12(11-5-3-4-6-15-11)17-8-9(13)7-16-17/h3-8,10,12H,2,14H2,1H3. The Morgan fingerprint density at radius 2 is 2.29 bits per heavy atom. The lowest BCUT2D eigenvalue weighted by molar-refractivity contribution is 0.416. The van der Waals surface area contributed by atoms with Gasteiger partial charge in [-0.05, 0) is 18.6 Å². The third kappa shape index (κ3) is 2.65. The number of hydrogen-bond donors (Lipinski definition) is 1. The summed E-state index contributed by atoms with van der Waals surface area (Å²) in [5.74, 6) is 0. The average molecular weight is 251 g/mol. The average Bonchev–Trinajstić information content (AvgIpc) is 2.77. The zero-order valence-corrected chi connectivity index (χ0v) is 10.4. The third-order valence-electron chi connectivity index (χ3n) is 2.72. The molecular formula is C12H15ClN4. The zero-order valence-electron chi connectivity index (χ0n) is 9.62. The molecule has 17 heavy (non-hydrogen) atoms. The van der Waals surface area contributed by atoms with E-state index in [2.05, 4.69) is 10.1 Å². The number of aromatic nitrogens is 3. The highest BCUT2D eigenvalue weighted by molar-refractivity contribution is 6.30. The van der Waals surface area contributed by atoms with Gasteiger partial charge < -0.3 is 5.73 Å². The maximum absolute atomic E-state index is 6.15. The van der Waals surface area contributed by atoms with Crippen LogP contribution in [0, 0.1) is 0 Å². The molecule has 0 saturated heterocycles. The summed E-state index contributed by atoms with van der Waals surface area (Å²) in [6.45, 7) is 2.05. The topological polar surface area (TPSA) is 56.7 Å². The normalized spacial score (nSPS) is 14.5. The Kier molecular flexibility index (Phi) is 3.76. The SMILES string of the molecule is CCC(N)C(c1ccccn1)n1cc(Cl)cn1. The molecule has 0 spiro atoms. The van der Waals surface area contributed by atoms with Crippen molar-refractivity contribution >= 4 is 11.6 Å². The van der Waals surface area contributed by atoms with E-state index in [1.807, 2.05) is 25.1 Å². The van der Waals surface area contributed by atoms with Crippen LogP contribution < -0.4 is 5.73 Å². The van der Waals surface area contributed by atoms with Crippen molar-refractivity contribution in [1.82, 2.24) is 14.8 Å². The van der Waals surface area contributed by atoms with Crippen molar-refractivity contribution in [3.63, 3.8) is 0 Å². The van der Waals surface area contributed by atoms with Crippen molar-refractivity contribution in [2.75, 3.05) is 0 Å². The highest BCUT2D eigenvalue weighted by Gasteiger charge is 2.22. The Morgan fingerprint density at radius 1 is 1.47 bits per heavy atom. The van der Waals surface area contributed by atoms with Crippen molar-refractivity contribution < 1.29 is 0 Å². The Labute approximate surface area is 105 Å². The molecule has 2 rings (SSSR count). The van der Waals surface area contributed by atoms with E-state index in [-0.39, 0.29) is 12.1 Å². The second kappa shape index (κ2) is 5.29. The Morgan fingerprint density at radius 3 is 2.82 bits per heavy atom. The van der Waals surface area contributed by atoms with E-state index >= 15 is 0 Å². The lowest BCUT2D eigenvalue weighted by Gasteiger charge is -2.22. The third-order valence-corrected chi connectivity index (χ3v) is 2.92. The zero-order chi connectivity index (χ0) is 12.3. The Balaban J connectivity index is 2.39. The summed E-state index contributed by atoms with van der Waals surface area (Å²) < 4.78 is 1.78. The summed E-state index contributed by atoms with van der Waals surface area (Å²) in [6.07, 6.45) is 5.99. The van der Waals surface area contributed by atoms with Crippen LogP contribution in [-0.2, 0) is 0 Å². The van der Waals surface area contributed by atoms with Gasteiger partial charge in [-0.3, -0.25) is 9.67 Å². The van der Waals surface area contributed by atoms with Gasteiger partial charge in [0, 0.05) is 18.4 Å². The molecule has 5 heteroatoms. The molecule has 2 aromatic rings. The highest BCUT2D eigenvalue weighted by atomic mass is 35.5. The van der Waals surface area contributed by atoms with Crippen molar-refractivity contribution in [3.05, 3.63) is 47.5 Å². The van der Waals surface area contributed by atoms with Gasteiger partial charge in [0.25, 0.3) is 0 Å². The van der Waals surface area contributed by atoms with E-state index in [1.165, 1.54) is 0 Å². The number of hydrogen-bond acceptors (Lipinski definition) is 3. The first kappa shape index (κ1) is 12.1. The molecule has 2 unspecified atom stereocenters. The largest absolute Gasteiger partial charge is 0.326 e. The summed E-state index contributed by atoms with van der Waals surface area (Å²) in [4.78, 5) is 4.35. The van der Waals surface area contributed by atoms with Gasteiger partial charge in [-0.25, -0.2) is 0 Å². The molecule has 2 aromatic heterocycles. The number of pyridine rings is 1. The first-order valence-electron chi connectivity index (χ1n) is 5.58. The number of halogens is 1. The molecule has 0 radical (unpaired) electrons. The molecule has 0 bridgehead atoms. The summed E-state index contributed by atoms with van der Waals surface area (Å²) in [5.41, 5.74) is 7.05. The van der Waals surface area contributed by atoms with E-state index in [0.717, 1.165) is 12.1 Å². The van der Waals surface area contributed by atoms with E-state index in [0.29, 0.717) is 5.02 Å². The summed E-state index contributed by atoms with van der Waals surface area (Å²) in [5, 5.41) is 4.83. The second-order valence-corrected chi connectivity index (χ2v) is 4.35. The van der Waals surface area contributed by atoms with E-state index in [9.17, 15) is 0 Å². The van der Waals surface area contributed by atoms with E-state index in [1.54, 1.807) is 23.3 Å². The van der Waals surface area contributed by atoms with Crippen LogP contribution >= 0.6 is 11.6 Å². The lowest BCUT2D eigenvalue weighted by Crippen LogP contribution is -2.33. The quantitative estimate of drug-likeness (QED) is 0.906. The summed E-state index contributed by atoms with van der Waals surface area (Å²) in [6, 6.07) is 5.67. The minimum atomic E-state index is -0.0753. The van der Waals surface area contributed by atoms with Crippen LogP contribution in [0.1, 0.15) is 25.1 Å². The van der Waals surface area contributed by atoms with Gasteiger partial charge in [-0.15, -0.1) is 0 Å². The summed E-state index contributed by atoms with van der Waals surface area (Å²) in [7, 11) is 0. The molecule has 0 aliphatic carbocycles. The molecule has 0 fully saturated rings. The van der Waals surface area contributed by atoms with Crippen LogP contribution in [0.25, 0.3) is 0 Å². The maximum Gasteiger partial charge on any atom is 0.109 e. The molecule has 0 saturated carbocycles. The van der Waals surface area contributed by atoms with Crippen LogP contribution in [0.4, 0.5) is 0 Å². The fraction of sp³-hybridized carbons (Fsp3) is 0.333. The van der Waals surface area contributed by atoms with Gasteiger partial charge in [-0.2, -0.15) is 5.10 Å². The fourth-order valence-electron chi connectivity index (χ4n) is 1.79. The molecular weight excluding hydrogens is 236 g/mol. The van der Waals surface area contributed by atoms with Gasteiger partial charge in [0.1, 0.15) is 6.04 Å². The molecule has 4 nitrogen and oxygen atoms in total. The minimum absolute atomic E-state index is 0.0409. The second-order valence-electron chi connectivity index (χ2n) is 3.91. The van der Waals surface area contributed by atoms with E-state index < -0.39 is 0 Å². The van der Waals surface area contributed by atoms with Gasteiger partial charge in [0.2, 0.25) is 0 Å². The van der Waals surface area contributed by atoms with Gasteiger partial charge in [-0.1, -0.05) is 24.6 Å². The maximum atomic E-state index is 6.15. The van der Waals surface area contributed by atoms with Crippen molar-refractivity contribution in [2.24, 2.45) is 5.73 Å². The fourth-order valence-corrected chi connectivity index (χ4v) is 1.94. The molecule has 0 aliphatic rings. The van der Waals surface area contributed by atoms with Crippen LogP contribution in [0.5, 0.6) is 0 Å². The van der Waals surface area contributed by atoms with Crippen LogP contribution in [0.3, 0.4) is 0 Å². The highest BCUT2D eigenvalue weighted by Crippen LogP contribution is 2.21. The van der Waals surface area contributed by atoms with Crippen LogP contribution in [-0.4, -0.2) is 20.8 Å². The molecule has 0 aliphatic heterocycles. The molecule has 2 atom stereocenters. The predicted octanol–water partition coefficient (Wildman–Crippen LogP) is 2.26. The van der Waals surface area contributed by atoms with Crippen LogP contribution in [0.15, 0.2) is 36.8 Å². The first-order valence-corrected chi connectivity index (χ1v) is 5.96.